The van der Waals surface area contributed by atoms with Crippen LogP contribution in [0.15, 0.2) is 30.3 Å². The van der Waals surface area contributed by atoms with Gasteiger partial charge in [-0.15, -0.1) is 0 Å². The van der Waals surface area contributed by atoms with Crippen molar-refractivity contribution in [2.24, 2.45) is 5.41 Å². The van der Waals surface area contributed by atoms with Crippen molar-refractivity contribution in [1.82, 2.24) is 5.32 Å². The number of rotatable bonds is 3. The molecule has 0 aliphatic heterocycles. The maximum atomic E-state index is 10.6. The number of hydrogen-bond donors (Lipinski definition) is 2. The van der Waals surface area contributed by atoms with E-state index in [0.717, 1.165) is 0 Å². The third-order valence-corrected chi connectivity index (χ3v) is 2.70. The first kappa shape index (κ1) is 12.6. The summed E-state index contributed by atoms with van der Waals surface area (Å²) in [5, 5.41) is 11.1. The lowest BCUT2D eigenvalue weighted by atomic mass is 9.76. The van der Waals surface area contributed by atoms with Crippen LogP contribution in [-0.4, -0.2) is 17.7 Å². The second-order valence-electron chi connectivity index (χ2n) is 5.02. The number of nitrogens with one attached hydrogen (secondary N) is 1. The van der Waals surface area contributed by atoms with Gasteiger partial charge >= 0.3 is 6.09 Å². The summed E-state index contributed by atoms with van der Waals surface area (Å²) < 4.78 is 0. The van der Waals surface area contributed by atoms with Crippen LogP contribution < -0.4 is 5.32 Å². The van der Waals surface area contributed by atoms with Crippen LogP contribution in [0.3, 0.4) is 0 Å². The average molecular weight is 221 g/mol. The lowest BCUT2D eigenvalue weighted by Gasteiger charge is -2.31. The van der Waals surface area contributed by atoms with Crippen molar-refractivity contribution in [3.63, 3.8) is 0 Å². The topological polar surface area (TPSA) is 49.3 Å². The van der Waals surface area contributed by atoms with Crippen LogP contribution in [0.1, 0.15) is 32.3 Å². The maximum Gasteiger partial charge on any atom is 0.404 e. The molecule has 2 N–H and O–H groups in total. The highest BCUT2D eigenvalue weighted by atomic mass is 16.4. The molecule has 1 aromatic carbocycles. The van der Waals surface area contributed by atoms with Gasteiger partial charge in [0.1, 0.15) is 0 Å². The fraction of sp³-hybridized carbons (Fsp3) is 0.462. The van der Waals surface area contributed by atoms with Crippen LogP contribution in [0.25, 0.3) is 0 Å². The Hall–Kier alpha value is -1.51. The smallest absolute Gasteiger partial charge is 0.404 e. The Bertz CT molecular complexity index is 341. The van der Waals surface area contributed by atoms with Crippen LogP contribution in [0.2, 0.25) is 0 Å². The van der Waals surface area contributed by atoms with Gasteiger partial charge in [-0.2, -0.15) is 0 Å². The van der Waals surface area contributed by atoms with E-state index < -0.39 is 6.09 Å². The van der Waals surface area contributed by atoms with E-state index in [-0.39, 0.29) is 11.3 Å². The van der Waals surface area contributed by atoms with E-state index in [1.165, 1.54) is 5.56 Å². The first-order valence-electron chi connectivity index (χ1n) is 5.43. The number of carbonyl (C=O) groups is 1. The zero-order valence-corrected chi connectivity index (χ0v) is 10.0. The monoisotopic (exact) mass is 221 g/mol. The predicted octanol–water partition coefficient (Wildman–Crippen LogP) is 3.08. The minimum absolute atomic E-state index is 0.0316. The molecule has 1 atom stereocenters. The molecule has 1 unspecified atom stereocenters. The van der Waals surface area contributed by atoms with E-state index in [1.807, 2.05) is 30.3 Å². The Morgan fingerprint density at radius 2 is 1.88 bits per heavy atom. The van der Waals surface area contributed by atoms with Crippen molar-refractivity contribution in [3.8, 4) is 0 Å². The third kappa shape index (κ3) is 3.57. The molecule has 0 aromatic heterocycles. The van der Waals surface area contributed by atoms with Gasteiger partial charge in [0.05, 0.1) is 0 Å². The van der Waals surface area contributed by atoms with Gasteiger partial charge < -0.3 is 10.4 Å². The standard InChI is InChI=1S/C13H19NO2/c1-13(2,3)11(9-14-12(15)16)10-7-5-4-6-8-10/h4-8,11,14H,9H2,1-3H3,(H,15,16). The van der Waals surface area contributed by atoms with E-state index >= 15 is 0 Å². The first-order valence-corrected chi connectivity index (χ1v) is 5.43. The average Bonchev–Trinajstić information content (AvgIpc) is 2.17. The summed E-state index contributed by atoms with van der Waals surface area (Å²) in [5.41, 5.74) is 1.20. The first-order chi connectivity index (χ1) is 7.41. The molecule has 0 heterocycles. The van der Waals surface area contributed by atoms with Crippen molar-refractivity contribution >= 4 is 6.09 Å². The largest absolute Gasteiger partial charge is 0.465 e. The van der Waals surface area contributed by atoms with Crippen LogP contribution in [0.4, 0.5) is 4.79 Å². The van der Waals surface area contributed by atoms with Crippen molar-refractivity contribution in [3.05, 3.63) is 35.9 Å². The SMILES string of the molecule is CC(C)(C)C(CNC(=O)O)c1ccccc1. The van der Waals surface area contributed by atoms with Crippen LogP contribution in [-0.2, 0) is 0 Å². The highest BCUT2D eigenvalue weighted by Gasteiger charge is 2.26. The van der Waals surface area contributed by atoms with E-state index in [9.17, 15) is 4.79 Å². The number of hydrogen-bond acceptors (Lipinski definition) is 1. The van der Waals surface area contributed by atoms with Gasteiger partial charge in [0.15, 0.2) is 0 Å². The normalized spacial score (nSPS) is 13.2. The molecule has 0 aliphatic rings. The highest BCUT2D eigenvalue weighted by molar-refractivity contribution is 5.64. The van der Waals surface area contributed by atoms with Crippen molar-refractivity contribution < 1.29 is 9.90 Å². The molecule has 1 amide bonds. The Labute approximate surface area is 96.5 Å². The molecule has 0 saturated heterocycles. The predicted molar refractivity (Wildman–Crippen MR) is 64.7 cm³/mol. The summed E-state index contributed by atoms with van der Waals surface area (Å²) in [6, 6.07) is 10.0. The molecule has 0 fully saturated rings. The van der Waals surface area contributed by atoms with Gasteiger partial charge in [0.2, 0.25) is 0 Å². The summed E-state index contributed by atoms with van der Waals surface area (Å²) in [5.74, 6) is 0.185. The van der Waals surface area contributed by atoms with Gasteiger partial charge in [-0.05, 0) is 11.0 Å². The zero-order chi connectivity index (χ0) is 12.2. The molecule has 16 heavy (non-hydrogen) atoms. The number of amides is 1. The van der Waals surface area contributed by atoms with E-state index in [1.54, 1.807) is 0 Å². The molecule has 0 spiro atoms. The Balaban J connectivity index is 2.84. The van der Waals surface area contributed by atoms with Gasteiger partial charge in [-0.25, -0.2) is 4.79 Å². The molecule has 1 aromatic rings. The number of benzene rings is 1. The Morgan fingerprint density at radius 1 is 1.31 bits per heavy atom. The van der Waals surface area contributed by atoms with Crippen molar-refractivity contribution in [1.29, 1.82) is 0 Å². The summed E-state index contributed by atoms with van der Waals surface area (Å²) in [6.07, 6.45) is -0.967. The Kier molecular flexibility index (Phi) is 3.93. The van der Waals surface area contributed by atoms with Crippen LogP contribution >= 0.6 is 0 Å². The van der Waals surface area contributed by atoms with Crippen LogP contribution in [0, 0.1) is 5.41 Å². The van der Waals surface area contributed by atoms with E-state index in [2.05, 4.69) is 26.1 Å². The third-order valence-electron chi connectivity index (χ3n) is 2.70. The molecular formula is C13H19NO2. The molecule has 0 bridgehead atoms. The lowest BCUT2D eigenvalue weighted by Crippen LogP contribution is -2.32. The van der Waals surface area contributed by atoms with Crippen LogP contribution in [0.5, 0.6) is 0 Å². The van der Waals surface area contributed by atoms with E-state index in [0.29, 0.717) is 6.54 Å². The summed E-state index contributed by atoms with van der Waals surface area (Å²) in [6.45, 7) is 6.80. The van der Waals surface area contributed by atoms with Gasteiger partial charge in [0.25, 0.3) is 0 Å². The van der Waals surface area contributed by atoms with Gasteiger partial charge in [0, 0.05) is 12.5 Å². The molecule has 0 saturated carbocycles. The minimum atomic E-state index is -0.967. The second kappa shape index (κ2) is 5.01. The molecule has 0 radical (unpaired) electrons. The molecule has 1 rings (SSSR count). The Morgan fingerprint density at radius 3 is 2.31 bits per heavy atom. The second-order valence-corrected chi connectivity index (χ2v) is 5.02. The molecule has 88 valence electrons. The fourth-order valence-electron chi connectivity index (χ4n) is 1.80. The van der Waals surface area contributed by atoms with Gasteiger partial charge in [-0.1, -0.05) is 51.1 Å². The minimum Gasteiger partial charge on any atom is -0.465 e. The molecule has 0 aliphatic carbocycles. The molecule has 3 nitrogen and oxygen atoms in total. The quantitative estimate of drug-likeness (QED) is 0.824. The van der Waals surface area contributed by atoms with Crippen molar-refractivity contribution in [2.45, 2.75) is 26.7 Å². The zero-order valence-electron chi connectivity index (χ0n) is 10.0. The summed E-state index contributed by atoms with van der Waals surface area (Å²) in [7, 11) is 0. The molecule has 3 heteroatoms. The highest BCUT2D eigenvalue weighted by Crippen LogP contribution is 2.34. The lowest BCUT2D eigenvalue weighted by molar-refractivity contribution is 0.190. The van der Waals surface area contributed by atoms with E-state index in [4.69, 9.17) is 5.11 Å². The summed E-state index contributed by atoms with van der Waals surface area (Å²) in [4.78, 5) is 10.6. The van der Waals surface area contributed by atoms with Crippen molar-refractivity contribution in [2.75, 3.05) is 6.54 Å². The molecular weight excluding hydrogens is 202 g/mol. The fourth-order valence-corrected chi connectivity index (χ4v) is 1.80. The number of carboxylic acid groups (broad SMARTS) is 1. The summed E-state index contributed by atoms with van der Waals surface area (Å²) >= 11 is 0. The van der Waals surface area contributed by atoms with Gasteiger partial charge in [-0.3, -0.25) is 0 Å². The maximum absolute atomic E-state index is 10.6.